The van der Waals surface area contributed by atoms with Crippen LogP contribution in [0.4, 0.5) is 5.69 Å². The lowest BCUT2D eigenvalue weighted by atomic mass is 9.79. The molecular weight excluding hydrogens is 506 g/mol. The van der Waals surface area contributed by atoms with Gasteiger partial charge in [0.2, 0.25) is 5.91 Å². The molecule has 3 rings (SSSR count). The van der Waals surface area contributed by atoms with Gasteiger partial charge in [-0.3, -0.25) is 13.3 Å². The summed E-state index contributed by atoms with van der Waals surface area (Å²) in [5, 5.41) is 0.396. The average Bonchev–Trinajstić information content (AvgIpc) is 3.02. The molecule has 1 heterocycles. The van der Waals surface area contributed by atoms with Crippen LogP contribution in [0.5, 0.6) is 0 Å². The topological polar surface area (TPSA) is 91.4 Å². The minimum atomic E-state index is -2.61. The molecule has 1 fully saturated rings. The average molecular weight is 549 g/mol. The maximum atomic E-state index is 12.3. The van der Waals surface area contributed by atoms with Crippen molar-refractivity contribution in [3.63, 3.8) is 0 Å². The maximum Gasteiger partial charge on any atom is 0.219 e. The molecule has 0 aliphatic heterocycles. The van der Waals surface area contributed by atoms with Gasteiger partial charge in [-0.25, -0.2) is 0 Å². The molecule has 2 N–H and O–H groups in total. The molecule has 1 aliphatic rings. The highest BCUT2D eigenvalue weighted by molar-refractivity contribution is 7.80. The number of anilines is 1. The number of amides is 1. The van der Waals surface area contributed by atoms with Crippen molar-refractivity contribution in [1.82, 2.24) is 4.57 Å². The molecule has 37 heavy (non-hydrogen) atoms. The van der Waals surface area contributed by atoms with E-state index in [0.717, 1.165) is 36.3 Å². The van der Waals surface area contributed by atoms with Crippen molar-refractivity contribution >= 4 is 34.5 Å². The van der Waals surface area contributed by atoms with E-state index in [-0.39, 0.29) is 23.8 Å². The first kappa shape index (κ1) is 29.7. The molecule has 1 saturated carbocycles. The van der Waals surface area contributed by atoms with Gasteiger partial charge in [-0.05, 0) is 59.8 Å². The molecule has 0 spiro atoms. The summed E-state index contributed by atoms with van der Waals surface area (Å²) in [6.45, 7) is 15.8. The van der Waals surface area contributed by atoms with Gasteiger partial charge in [-0.15, -0.1) is 0 Å². The number of rotatable bonds is 8. The Morgan fingerprint density at radius 1 is 1.08 bits per heavy atom. The fourth-order valence-corrected chi connectivity index (χ4v) is 6.33. The normalized spacial score (nSPS) is 16.1. The number of benzene rings is 1. The van der Waals surface area contributed by atoms with Crippen molar-refractivity contribution in [2.24, 2.45) is 11.7 Å². The Morgan fingerprint density at radius 2 is 1.62 bits per heavy atom. The quantitative estimate of drug-likeness (QED) is 0.369. The summed E-state index contributed by atoms with van der Waals surface area (Å²) in [7, 11) is 0. The van der Waals surface area contributed by atoms with Crippen molar-refractivity contribution in [1.29, 1.82) is 0 Å². The molecule has 0 radical (unpaired) electrons. The van der Waals surface area contributed by atoms with Crippen molar-refractivity contribution in [3.05, 3.63) is 40.0 Å². The lowest BCUT2D eigenvalue weighted by Crippen LogP contribution is -2.30. The Bertz CT molecular complexity index is 1120. The number of carbonyl (C=O) groups excluding carboxylic acids is 1. The number of nitrogens with zero attached hydrogens (tertiary/aromatic N) is 2. The highest BCUT2D eigenvalue weighted by Gasteiger charge is 2.29. The number of hydrogen-bond donors (Lipinski definition) is 1. The highest BCUT2D eigenvalue weighted by Crippen LogP contribution is 2.45. The number of primary amides is 1. The third-order valence-electron chi connectivity index (χ3n) is 7.53. The molecule has 1 aliphatic carbocycles. The van der Waals surface area contributed by atoms with Crippen LogP contribution in [0.25, 0.3) is 11.3 Å². The molecule has 0 bridgehead atoms. The number of halogens is 1. The summed E-state index contributed by atoms with van der Waals surface area (Å²) >= 11 is 4.51. The van der Waals surface area contributed by atoms with Gasteiger partial charge in [0.25, 0.3) is 0 Å². The Morgan fingerprint density at radius 3 is 2.08 bits per heavy atom. The molecule has 2 aromatic rings. The first-order chi connectivity index (χ1) is 17.1. The Kier molecular flexibility index (Phi) is 9.24. The fraction of sp³-hybridized carbons (Fsp3) is 0.621. The van der Waals surface area contributed by atoms with Crippen LogP contribution in [0.1, 0.15) is 96.9 Å². The van der Waals surface area contributed by atoms with Gasteiger partial charge in [0.05, 0.1) is 16.4 Å². The molecule has 1 unspecified atom stereocenters. The van der Waals surface area contributed by atoms with E-state index in [1.807, 2.05) is 6.92 Å². The molecule has 8 heteroatoms. The predicted octanol–water partition coefficient (Wildman–Crippen LogP) is 6.77. The van der Waals surface area contributed by atoms with Crippen LogP contribution in [-0.4, -0.2) is 25.8 Å². The van der Waals surface area contributed by atoms with Gasteiger partial charge in [0, 0.05) is 42.0 Å². The zero-order valence-corrected chi connectivity index (χ0v) is 25.0. The maximum absolute atomic E-state index is 12.3. The van der Waals surface area contributed by atoms with Crippen LogP contribution >= 0.6 is 11.6 Å². The van der Waals surface area contributed by atoms with Gasteiger partial charge >= 0.3 is 0 Å². The molecule has 1 aromatic heterocycles. The molecule has 1 aromatic carbocycles. The van der Waals surface area contributed by atoms with E-state index >= 15 is 0 Å². The van der Waals surface area contributed by atoms with Crippen LogP contribution in [0.2, 0.25) is 5.02 Å². The van der Waals surface area contributed by atoms with Crippen LogP contribution in [0.15, 0.2) is 18.2 Å². The third kappa shape index (κ3) is 6.98. The van der Waals surface area contributed by atoms with E-state index in [0.29, 0.717) is 16.6 Å². The molecule has 1 amide bonds. The first-order valence-electron chi connectivity index (χ1n) is 13.3. The van der Waals surface area contributed by atoms with E-state index in [2.05, 4.69) is 64.3 Å². The lowest BCUT2D eigenvalue weighted by Gasteiger charge is -2.28. The monoisotopic (exact) mass is 548 g/mol. The lowest BCUT2D eigenvalue weighted by molar-refractivity contribution is -0.117. The van der Waals surface area contributed by atoms with Gasteiger partial charge in [0.15, 0.2) is 0 Å². The van der Waals surface area contributed by atoms with Gasteiger partial charge < -0.3 is 14.9 Å². The largest absolute Gasteiger partial charge is 0.755 e. The van der Waals surface area contributed by atoms with Crippen LogP contribution in [0.3, 0.4) is 0 Å². The second kappa shape index (κ2) is 11.5. The van der Waals surface area contributed by atoms with Gasteiger partial charge in [-0.2, -0.15) is 0 Å². The molecule has 206 valence electrons. The van der Waals surface area contributed by atoms with Crippen LogP contribution in [0, 0.1) is 12.8 Å². The van der Waals surface area contributed by atoms with Crippen LogP contribution in [-0.2, 0) is 33.4 Å². The van der Waals surface area contributed by atoms with E-state index in [1.165, 1.54) is 34.7 Å². The molecule has 0 saturated heterocycles. The second-order valence-corrected chi connectivity index (χ2v) is 13.8. The zero-order valence-electron chi connectivity index (χ0n) is 23.4. The standard InChI is InChI=1S/C29H44ClN3O3S/c1-19-26(33(37(35)36)14-13-24(31)34)25(30)27(32(19)18-20-11-9-8-10-12-20)21-15-22(28(2,3)4)17-23(16-21)29(5,6)7/h15-17,20H,8-14,18H2,1-7H3,(H2,31,34)(H,35,36)/p-1. The summed E-state index contributed by atoms with van der Waals surface area (Å²) in [5.41, 5.74) is 10.6. The fourth-order valence-electron chi connectivity index (χ4n) is 5.22. The summed E-state index contributed by atoms with van der Waals surface area (Å²) in [6, 6.07) is 6.66. The smallest absolute Gasteiger partial charge is 0.219 e. The van der Waals surface area contributed by atoms with E-state index in [1.54, 1.807) is 0 Å². The Labute approximate surface area is 230 Å². The number of hydrogen-bond acceptors (Lipinski definition) is 3. The second-order valence-electron chi connectivity index (χ2n) is 12.5. The molecule has 1 atom stereocenters. The predicted molar refractivity (Wildman–Crippen MR) is 154 cm³/mol. The summed E-state index contributed by atoms with van der Waals surface area (Å²) in [5.74, 6) is -0.0500. The molecule has 6 nitrogen and oxygen atoms in total. The Hall–Kier alpha value is -1.83. The van der Waals surface area contributed by atoms with Crippen LogP contribution < -0.4 is 10.0 Å². The van der Waals surface area contributed by atoms with Gasteiger partial charge in [-0.1, -0.05) is 78.5 Å². The minimum absolute atomic E-state index is 0.0475. The first-order valence-corrected chi connectivity index (χ1v) is 14.7. The zero-order chi connectivity index (χ0) is 27.7. The van der Waals surface area contributed by atoms with Crippen molar-refractivity contribution in [3.8, 4) is 11.3 Å². The van der Waals surface area contributed by atoms with Crippen molar-refractivity contribution in [2.45, 2.75) is 104 Å². The SMILES string of the molecule is Cc1c(N(CCC(N)=O)S(=O)[O-])c(Cl)c(-c2cc(C(C)(C)C)cc(C(C)(C)C)c2)n1CC1CCCCC1. The minimum Gasteiger partial charge on any atom is -0.755 e. The van der Waals surface area contributed by atoms with Crippen molar-refractivity contribution in [2.75, 3.05) is 10.8 Å². The number of aromatic nitrogens is 1. The molecular formula is C29H43ClN3O3S-. The highest BCUT2D eigenvalue weighted by atomic mass is 35.5. The Balaban J connectivity index is 2.29. The summed E-state index contributed by atoms with van der Waals surface area (Å²) in [6.07, 6.45) is 5.91. The third-order valence-corrected chi connectivity index (χ3v) is 8.61. The number of carbonyl (C=O) groups is 1. The van der Waals surface area contributed by atoms with E-state index in [9.17, 15) is 13.6 Å². The number of nitrogens with two attached hydrogens (primary N) is 1. The van der Waals surface area contributed by atoms with E-state index in [4.69, 9.17) is 17.3 Å². The summed E-state index contributed by atoms with van der Waals surface area (Å²) in [4.78, 5) is 11.5. The van der Waals surface area contributed by atoms with Gasteiger partial charge in [0.1, 0.15) is 0 Å². The van der Waals surface area contributed by atoms with E-state index < -0.39 is 17.2 Å². The van der Waals surface area contributed by atoms with Crippen molar-refractivity contribution < 1.29 is 13.6 Å². The summed E-state index contributed by atoms with van der Waals surface area (Å²) < 4.78 is 28.1.